The van der Waals surface area contributed by atoms with E-state index in [-0.39, 0.29) is 11.4 Å². The Morgan fingerprint density at radius 2 is 2.05 bits per heavy atom. The monoisotopic (exact) mass is 299 g/mol. The first kappa shape index (κ1) is 15.7. The van der Waals surface area contributed by atoms with Gasteiger partial charge >= 0.3 is 0 Å². The maximum atomic E-state index is 13.8. The Kier molecular flexibility index (Phi) is 5.05. The number of nitrogens with zero attached hydrogens (tertiary/aromatic N) is 1. The zero-order valence-electron chi connectivity index (χ0n) is 12.2. The van der Waals surface area contributed by atoms with Crippen LogP contribution in [0, 0.1) is 5.82 Å². The fraction of sp³-hybridized carbons (Fsp3) is 0.625. The summed E-state index contributed by atoms with van der Waals surface area (Å²) in [6.45, 7) is 6.18. The van der Waals surface area contributed by atoms with E-state index < -0.39 is 6.10 Å². The smallest absolute Gasteiger partial charge is 0.126 e. The fourth-order valence-electron chi connectivity index (χ4n) is 3.03. The second-order valence-electron chi connectivity index (χ2n) is 5.86. The molecule has 0 radical (unpaired) electrons. The van der Waals surface area contributed by atoms with Gasteiger partial charge in [-0.15, -0.1) is 0 Å². The largest absolute Gasteiger partial charge is 0.391 e. The van der Waals surface area contributed by atoms with Crippen molar-refractivity contribution < 1.29 is 9.50 Å². The van der Waals surface area contributed by atoms with Gasteiger partial charge in [0.15, 0.2) is 0 Å². The number of aliphatic hydroxyl groups excluding tert-OH is 1. The van der Waals surface area contributed by atoms with Crippen LogP contribution < -0.4 is 0 Å². The molecule has 0 bridgehead atoms. The van der Waals surface area contributed by atoms with Crippen molar-refractivity contribution in [3.05, 3.63) is 34.6 Å². The van der Waals surface area contributed by atoms with Crippen LogP contribution >= 0.6 is 11.6 Å². The molecule has 1 aromatic carbocycles. The van der Waals surface area contributed by atoms with Crippen LogP contribution in [0.4, 0.5) is 4.39 Å². The summed E-state index contributed by atoms with van der Waals surface area (Å²) in [5, 5.41) is 11.2. The van der Waals surface area contributed by atoms with Crippen molar-refractivity contribution >= 4 is 11.6 Å². The summed E-state index contributed by atoms with van der Waals surface area (Å²) < 4.78 is 13.8. The number of rotatable bonds is 5. The Balaban J connectivity index is 2.16. The van der Waals surface area contributed by atoms with Gasteiger partial charge in [-0.1, -0.05) is 18.5 Å². The maximum Gasteiger partial charge on any atom is 0.126 e. The predicted molar refractivity (Wildman–Crippen MR) is 80.6 cm³/mol. The van der Waals surface area contributed by atoms with Crippen LogP contribution in [0.1, 0.15) is 38.7 Å². The molecule has 1 aliphatic heterocycles. The summed E-state index contributed by atoms with van der Waals surface area (Å²) in [6.07, 6.45) is 2.89. The van der Waals surface area contributed by atoms with Crippen molar-refractivity contribution in [2.75, 3.05) is 13.1 Å². The van der Waals surface area contributed by atoms with E-state index in [0.29, 0.717) is 17.0 Å². The number of halogens is 2. The Labute approximate surface area is 125 Å². The molecule has 2 rings (SSSR count). The van der Waals surface area contributed by atoms with Crippen molar-refractivity contribution in [1.82, 2.24) is 4.90 Å². The lowest BCUT2D eigenvalue weighted by atomic mass is 9.86. The minimum atomic E-state index is -0.599. The van der Waals surface area contributed by atoms with Crippen molar-refractivity contribution in [2.45, 2.75) is 51.2 Å². The molecule has 1 N–H and O–H groups in total. The standard InChI is InChI=1S/C16H23ClFNO/c1-3-16(2,19-8-4-5-9-19)15(20)11-12-10-13(17)6-7-14(12)18/h6-7,10,15,20H,3-5,8-9,11H2,1-2H3. The SMILES string of the molecule is CCC(C)(C(O)Cc1cc(Cl)ccc1F)N1CCCC1. The fourth-order valence-corrected chi connectivity index (χ4v) is 3.22. The third-order valence-corrected chi connectivity index (χ3v) is 4.92. The van der Waals surface area contributed by atoms with Gasteiger partial charge in [-0.2, -0.15) is 0 Å². The molecule has 0 spiro atoms. The summed E-state index contributed by atoms with van der Waals surface area (Å²) in [5.41, 5.74) is 0.189. The minimum absolute atomic E-state index is 0.298. The molecule has 0 aliphatic carbocycles. The third kappa shape index (κ3) is 3.16. The van der Waals surface area contributed by atoms with Crippen molar-refractivity contribution in [1.29, 1.82) is 0 Å². The molecule has 1 aliphatic rings. The van der Waals surface area contributed by atoms with Crippen LogP contribution in [0.2, 0.25) is 5.02 Å². The van der Waals surface area contributed by atoms with Crippen LogP contribution in [0.3, 0.4) is 0 Å². The molecule has 0 amide bonds. The van der Waals surface area contributed by atoms with E-state index in [0.717, 1.165) is 19.5 Å². The van der Waals surface area contributed by atoms with Gasteiger partial charge < -0.3 is 5.11 Å². The minimum Gasteiger partial charge on any atom is -0.391 e. The zero-order valence-corrected chi connectivity index (χ0v) is 13.0. The quantitative estimate of drug-likeness (QED) is 0.897. The van der Waals surface area contributed by atoms with E-state index in [9.17, 15) is 9.50 Å². The second kappa shape index (κ2) is 6.42. The average Bonchev–Trinajstić information content (AvgIpc) is 2.96. The molecule has 0 saturated carbocycles. The summed E-state index contributed by atoms with van der Waals surface area (Å²) in [5.74, 6) is -0.298. The first-order valence-electron chi connectivity index (χ1n) is 7.34. The molecule has 1 heterocycles. The Bertz CT molecular complexity index is 462. The highest BCUT2D eigenvalue weighted by atomic mass is 35.5. The van der Waals surface area contributed by atoms with Crippen molar-refractivity contribution in [3.8, 4) is 0 Å². The highest BCUT2D eigenvalue weighted by molar-refractivity contribution is 6.30. The Morgan fingerprint density at radius 3 is 2.65 bits per heavy atom. The van der Waals surface area contributed by atoms with Crippen LogP contribution in [0.15, 0.2) is 18.2 Å². The number of benzene rings is 1. The van der Waals surface area contributed by atoms with Gasteiger partial charge in [-0.25, -0.2) is 4.39 Å². The van der Waals surface area contributed by atoms with E-state index in [4.69, 9.17) is 11.6 Å². The van der Waals surface area contributed by atoms with E-state index in [2.05, 4.69) is 18.7 Å². The van der Waals surface area contributed by atoms with Crippen LogP contribution in [0.5, 0.6) is 0 Å². The molecule has 1 saturated heterocycles. The molecular formula is C16H23ClFNO. The van der Waals surface area contributed by atoms with Gasteiger partial charge in [-0.05, 0) is 63.0 Å². The van der Waals surface area contributed by atoms with Gasteiger partial charge in [0.05, 0.1) is 6.10 Å². The number of aliphatic hydroxyl groups is 1. The van der Waals surface area contributed by atoms with Gasteiger partial charge in [0, 0.05) is 17.0 Å². The molecule has 2 nitrogen and oxygen atoms in total. The van der Waals surface area contributed by atoms with Crippen molar-refractivity contribution in [3.63, 3.8) is 0 Å². The number of likely N-dealkylation sites (tertiary alicyclic amines) is 1. The molecule has 4 heteroatoms. The lowest BCUT2D eigenvalue weighted by molar-refractivity contribution is -0.0121. The topological polar surface area (TPSA) is 23.5 Å². The van der Waals surface area contributed by atoms with Crippen molar-refractivity contribution in [2.24, 2.45) is 0 Å². The average molecular weight is 300 g/mol. The molecule has 20 heavy (non-hydrogen) atoms. The van der Waals surface area contributed by atoms with E-state index in [1.54, 1.807) is 6.07 Å². The highest BCUT2D eigenvalue weighted by Crippen LogP contribution is 2.30. The number of hydrogen-bond donors (Lipinski definition) is 1. The molecule has 1 fully saturated rings. The van der Waals surface area contributed by atoms with Gasteiger partial charge in [-0.3, -0.25) is 4.90 Å². The Morgan fingerprint density at radius 1 is 1.40 bits per heavy atom. The summed E-state index contributed by atoms with van der Waals surface area (Å²) in [4.78, 5) is 2.33. The van der Waals surface area contributed by atoms with E-state index >= 15 is 0 Å². The zero-order chi connectivity index (χ0) is 14.8. The summed E-state index contributed by atoms with van der Waals surface area (Å²) in [6, 6.07) is 4.51. The van der Waals surface area contributed by atoms with Gasteiger partial charge in [0.25, 0.3) is 0 Å². The van der Waals surface area contributed by atoms with Gasteiger partial charge in [0.1, 0.15) is 5.82 Å². The molecule has 2 unspecified atom stereocenters. The predicted octanol–water partition coefficient (Wildman–Crippen LogP) is 3.65. The van der Waals surface area contributed by atoms with Crippen LogP contribution in [-0.2, 0) is 6.42 Å². The van der Waals surface area contributed by atoms with Gasteiger partial charge in [0.2, 0.25) is 0 Å². The summed E-state index contributed by atoms with van der Waals surface area (Å²) >= 11 is 5.92. The Hall–Kier alpha value is -0.640. The summed E-state index contributed by atoms with van der Waals surface area (Å²) in [7, 11) is 0. The molecule has 2 atom stereocenters. The van der Waals surface area contributed by atoms with E-state index in [1.165, 1.54) is 25.0 Å². The maximum absolute atomic E-state index is 13.8. The molecule has 112 valence electrons. The second-order valence-corrected chi connectivity index (χ2v) is 6.30. The van der Waals surface area contributed by atoms with E-state index in [1.807, 2.05) is 0 Å². The first-order chi connectivity index (χ1) is 9.47. The molecule has 0 aromatic heterocycles. The van der Waals surface area contributed by atoms with Crippen LogP contribution in [-0.4, -0.2) is 34.7 Å². The van der Waals surface area contributed by atoms with Crippen LogP contribution in [0.25, 0.3) is 0 Å². The first-order valence-corrected chi connectivity index (χ1v) is 7.72. The highest BCUT2D eigenvalue weighted by Gasteiger charge is 2.38. The molecular weight excluding hydrogens is 277 g/mol. The third-order valence-electron chi connectivity index (χ3n) is 4.68. The molecule has 1 aromatic rings. The number of hydrogen-bond acceptors (Lipinski definition) is 2. The lowest BCUT2D eigenvalue weighted by Gasteiger charge is -2.42. The lowest BCUT2D eigenvalue weighted by Crippen LogP contribution is -2.53. The normalized spacial score (nSPS) is 20.9.